The van der Waals surface area contributed by atoms with E-state index in [1.54, 1.807) is 19.2 Å². The maximum absolute atomic E-state index is 12.8. The van der Waals surface area contributed by atoms with Crippen LogP contribution in [-0.2, 0) is 4.74 Å². The van der Waals surface area contributed by atoms with E-state index in [1.807, 2.05) is 4.90 Å². The van der Waals surface area contributed by atoms with Gasteiger partial charge in [0.25, 0.3) is 5.91 Å². The van der Waals surface area contributed by atoms with Crippen molar-refractivity contribution in [2.24, 2.45) is 0 Å². The molecule has 7 heteroatoms. The normalized spacial score (nSPS) is 18.1. The van der Waals surface area contributed by atoms with E-state index in [-0.39, 0.29) is 12.7 Å². The zero-order valence-corrected chi connectivity index (χ0v) is 14.0. The monoisotopic (exact) mass is 340 g/mol. The summed E-state index contributed by atoms with van der Waals surface area (Å²) >= 11 is 6.17. The van der Waals surface area contributed by atoms with Crippen molar-refractivity contribution in [2.75, 3.05) is 53.2 Å². The molecule has 0 unspecified atom stereocenters. The van der Waals surface area contributed by atoms with Gasteiger partial charge in [0.05, 0.1) is 11.6 Å². The van der Waals surface area contributed by atoms with Crippen molar-refractivity contribution in [1.82, 2.24) is 9.80 Å². The summed E-state index contributed by atoms with van der Waals surface area (Å²) in [6.45, 7) is 5.04. The highest BCUT2D eigenvalue weighted by molar-refractivity contribution is 6.32. The number of ether oxygens (including phenoxy) is 3. The smallest absolute Gasteiger partial charge is 0.254 e. The molecule has 0 atom stereocenters. The van der Waals surface area contributed by atoms with Crippen molar-refractivity contribution in [1.29, 1.82) is 0 Å². The number of fused-ring (bicyclic) bond motifs is 1. The van der Waals surface area contributed by atoms with Crippen molar-refractivity contribution in [3.63, 3.8) is 0 Å². The van der Waals surface area contributed by atoms with Gasteiger partial charge < -0.3 is 19.1 Å². The second kappa shape index (κ2) is 7.38. The predicted octanol–water partition coefficient (Wildman–Crippen LogP) is 1.86. The zero-order chi connectivity index (χ0) is 16.2. The lowest BCUT2D eigenvalue weighted by Crippen LogP contribution is -2.36. The first-order valence-corrected chi connectivity index (χ1v) is 8.16. The molecule has 23 heavy (non-hydrogen) atoms. The molecular weight excluding hydrogens is 320 g/mol. The summed E-state index contributed by atoms with van der Waals surface area (Å²) < 4.78 is 15.7. The Kier molecular flexibility index (Phi) is 5.25. The molecule has 1 fully saturated rings. The number of rotatable bonds is 4. The van der Waals surface area contributed by atoms with E-state index in [0.29, 0.717) is 35.2 Å². The van der Waals surface area contributed by atoms with Crippen LogP contribution in [0.1, 0.15) is 16.8 Å². The van der Waals surface area contributed by atoms with Gasteiger partial charge in [-0.2, -0.15) is 0 Å². The topological polar surface area (TPSA) is 51.2 Å². The van der Waals surface area contributed by atoms with Crippen LogP contribution in [0.15, 0.2) is 12.1 Å². The van der Waals surface area contributed by atoms with Crippen molar-refractivity contribution < 1.29 is 19.0 Å². The van der Waals surface area contributed by atoms with Crippen LogP contribution >= 0.6 is 11.6 Å². The van der Waals surface area contributed by atoms with Gasteiger partial charge in [0.1, 0.15) is 0 Å². The quantitative estimate of drug-likeness (QED) is 0.837. The molecule has 0 bridgehead atoms. The fraction of sp³-hybridized carbons (Fsp3) is 0.562. The van der Waals surface area contributed by atoms with Gasteiger partial charge in [-0.3, -0.25) is 9.69 Å². The Hall–Kier alpha value is -1.50. The average molecular weight is 341 g/mol. The van der Waals surface area contributed by atoms with Crippen LogP contribution in [0.5, 0.6) is 11.5 Å². The summed E-state index contributed by atoms with van der Waals surface area (Å²) in [5.74, 6) is 1.04. The Morgan fingerprint density at radius 3 is 2.96 bits per heavy atom. The number of hydrogen-bond acceptors (Lipinski definition) is 5. The molecule has 0 radical (unpaired) electrons. The lowest BCUT2D eigenvalue weighted by atomic mass is 10.1. The van der Waals surface area contributed by atoms with Gasteiger partial charge in [-0.05, 0) is 25.1 Å². The number of nitrogens with zero attached hydrogens (tertiary/aromatic N) is 2. The highest BCUT2D eigenvalue weighted by Gasteiger charge is 2.24. The van der Waals surface area contributed by atoms with Gasteiger partial charge in [-0.15, -0.1) is 0 Å². The third-order valence-electron chi connectivity index (χ3n) is 4.16. The molecule has 0 aliphatic carbocycles. The van der Waals surface area contributed by atoms with Crippen LogP contribution in [0.25, 0.3) is 0 Å². The second-order valence-corrected chi connectivity index (χ2v) is 6.08. The summed E-state index contributed by atoms with van der Waals surface area (Å²) in [7, 11) is 1.71. The minimum atomic E-state index is -0.0150. The third-order valence-corrected chi connectivity index (χ3v) is 4.44. The number of halogens is 1. The van der Waals surface area contributed by atoms with Gasteiger partial charge >= 0.3 is 0 Å². The lowest BCUT2D eigenvalue weighted by molar-refractivity contribution is 0.0758. The van der Waals surface area contributed by atoms with E-state index >= 15 is 0 Å². The largest absolute Gasteiger partial charge is 0.454 e. The van der Waals surface area contributed by atoms with E-state index in [1.165, 1.54) is 0 Å². The highest BCUT2D eigenvalue weighted by Crippen LogP contribution is 2.40. The van der Waals surface area contributed by atoms with Crippen LogP contribution in [0.4, 0.5) is 0 Å². The summed E-state index contributed by atoms with van der Waals surface area (Å²) in [6.07, 6.45) is 0.952. The van der Waals surface area contributed by atoms with E-state index in [9.17, 15) is 4.79 Å². The molecule has 1 aromatic rings. The Morgan fingerprint density at radius 1 is 1.26 bits per heavy atom. The Morgan fingerprint density at radius 2 is 2.13 bits per heavy atom. The minimum Gasteiger partial charge on any atom is -0.454 e. The molecule has 1 aromatic carbocycles. The predicted molar refractivity (Wildman–Crippen MR) is 86.4 cm³/mol. The minimum absolute atomic E-state index is 0.0150. The molecular formula is C16H21ClN2O4. The molecule has 0 N–H and O–H groups in total. The molecule has 2 aliphatic heterocycles. The van der Waals surface area contributed by atoms with Crippen LogP contribution in [-0.4, -0.2) is 68.9 Å². The molecule has 6 nitrogen and oxygen atoms in total. The summed E-state index contributed by atoms with van der Waals surface area (Å²) in [6, 6.07) is 3.37. The molecule has 0 aromatic heterocycles. The first kappa shape index (κ1) is 16.4. The van der Waals surface area contributed by atoms with Gasteiger partial charge in [0.15, 0.2) is 11.5 Å². The van der Waals surface area contributed by atoms with Gasteiger partial charge in [-0.25, -0.2) is 0 Å². The maximum Gasteiger partial charge on any atom is 0.254 e. The van der Waals surface area contributed by atoms with Crippen molar-refractivity contribution in [2.45, 2.75) is 6.42 Å². The number of benzene rings is 1. The Balaban J connectivity index is 1.67. The highest BCUT2D eigenvalue weighted by atomic mass is 35.5. The number of amides is 1. The molecule has 2 heterocycles. The lowest BCUT2D eigenvalue weighted by Gasteiger charge is -2.22. The molecule has 3 rings (SSSR count). The Bertz CT molecular complexity index is 581. The van der Waals surface area contributed by atoms with Gasteiger partial charge in [-0.1, -0.05) is 11.6 Å². The fourth-order valence-corrected chi connectivity index (χ4v) is 3.16. The van der Waals surface area contributed by atoms with Crippen LogP contribution in [0.2, 0.25) is 5.02 Å². The van der Waals surface area contributed by atoms with E-state index in [0.717, 1.165) is 32.6 Å². The summed E-state index contributed by atoms with van der Waals surface area (Å²) in [5.41, 5.74) is 0.546. The van der Waals surface area contributed by atoms with E-state index in [4.69, 9.17) is 25.8 Å². The molecule has 0 saturated carbocycles. The van der Waals surface area contributed by atoms with Crippen molar-refractivity contribution in [3.8, 4) is 11.5 Å². The number of hydrogen-bond donors (Lipinski definition) is 0. The Labute approximate surface area is 140 Å². The molecule has 126 valence electrons. The summed E-state index contributed by atoms with van der Waals surface area (Å²) in [5, 5.41) is 0.417. The van der Waals surface area contributed by atoms with E-state index in [2.05, 4.69) is 4.90 Å². The molecule has 1 amide bonds. The van der Waals surface area contributed by atoms with Gasteiger partial charge in [0.2, 0.25) is 6.79 Å². The molecule has 1 saturated heterocycles. The van der Waals surface area contributed by atoms with Gasteiger partial charge in [0, 0.05) is 38.9 Å². The zero-order valence-electron chi connectivity index (χ0n) is 13.2. The first-order valence-electron chi connectivity index (χ1n) is 7.79. The molecule has 2 aliphatic rings. The average Bonchev–Trinajstić information content (AvgIpc) is 2.91. The van der Waals surface area contributed by atoms with E-state index < -0.39 is 0 Å². The fourth-order valence-electron chi connectivity index (χ4n) is 2.89. The third kappa shape index (κ3) is 3.71. The number of methoxy groups -OCH3 is 1. The van der Waals surface area contributed by atoms with Crippen LogP contribution in [0, 0.1) is 0 Å². The van der Waals surface area contributed by atoms with Crippen LogP contribution in [0.3, 0.4) is 0 Å². The SMILES string of the molecule is COCCN1CCCN(C(=O)c2cc(Cl)c3c(c2)OCO3)CC1. The standard InChI is InChI=1S/C16H21ClN2O4/c1-21-8-7-18-3-2-4-19(6-5-18)16(20)12-9-13(17)15-14(10-12)22-11-23-15/h9-10H,2-8,11H2,1H3. The number of carbonyl (C=O) groups is 1. The molecule has 0 spiro atoms. The van der Waals surface area contributed by atoms with Crippen molar-refractivity contribution in [3.05, 3.63) is 22.7 Å². The maximum atomic E-state index is 12.8. The van der Waals surface area contributed by atoms with Crippen LogP contribution < -0.4 is 9.47 Å². The number of carbonyl (C=O) groups excluding carboxylic acids is 1. The van der Waals surface area contributed by atoms with Crippen molar-refractivity contribution >= 4 is 17.5 Å². The first-order chi connectivity index (χ1) is 11.2. The second-order valence-electron chi connectivity index (χ2n) is 5.67. The summed E-state index contributed by atoms with van der Waals surface area (Å²) in [4.78, 5) is 17.0.